The Morgan fingerprint density at radius 2 is 1.88 bits per heavy atom. The van der Waals surface area contributed by atoms with E-state index in [0.717, 1.165) is 6.42 Å². The zero-order valence-corrected chi connectivity index (χ0v) is 11.0. The van der Waals surface area contributed by atoms with Crippen molar-refractivity contribution in [2.75, 3.05) is 0 Å². The van der Waals surface area contributed by atoms with Crippen LogP contribution in [0.25, 0.3) is 6.08 Å². The Morgan fingerprint density at radius 3 is 2.59 bits per heavy atom. The maximum Gasteiger partial charge on any atom is -0.0138 e. The first-order valence-electron chi connectivity index (χ1n) is 6.71. The summed E-state index contributed by atoms with van der Waals surface area (Å²) in [6.45, 7) is 6.38. The van der Waals surface area contributed by atoms with E-state index in [1.807, 2.05) is 6.07 Å². The van der Waals surface area contributed by atoms with E-state index < -0.39 is 0 Å². The summed E-state index contributed by atoms with van der Waals surface area (Å²) in [5, 5.41) is 0. The summed E-state index contributed by atoms with van der Waals surface area (Å²) in [4.78, 5) is 0. The van der Waals surface area contributed by atoms with Gasteiger partial charge in [-0.3, -0.25) is 0 Å². The van der Waals surface area contributed by atoms with Gasteiger partial charge >= 0.3 is 0 Å². The van der Waals surface area contributed by atoms with Gasteiger partial charge in [0, 0.05) is 0 Å². The standard InChI is InChI=1S/C17H24/c1-3-4-5-7-11-16(2)12-10-15-17-13-8-6-9-14-17/h6,8-10,13-15H,2-5,7,11-12H2,1H3/b15-10+. The number of hydrogen-bond acceptors (Lipinski definition) is 0. The predicted molar refractivity (Wildman–Crippen MR) is 78.0 cm³/mol. The lowest BCUT2D eigenvalue weighted by Gasteiger charge is -2.02. The molecule has 0 fully saturated rings. The van der Waals surface area contributed by atoms with Crippen LogP contribution in [0.5, 0.6) is 0 Å². The molecule has 1 rings (SSSR count). The van der Waals surface area contributed by atoms with Crippen molar-refractivity contribution in [2.45, 2.75) is 45.4 Å². The van der Waals surface area contributed by atoms with E-state index in [-0.39, 0.29) is 0 Å². The Hall–Kier alpha value is -1.30. The Kier molecular flexibility index (Phi) is 7.13. The second kappa shape index (κ2) is 8.81. The van der Waals surface area contributed by atoms with Crippen LogP contribution in [0.1, 0.15) is 51.0 Å². The Labute approximate surface area is 106 Å². The van der Waals surface area contributed by atoms with Crippen molar-refractivity contribution in [3.05, 3.63) is 54.1 Å². The first-order valence-corrected chi connectivity index (χ1v) is 6.71. The van der Waals surface area contributed by atoms with E-state index in [1.165, 1.54) is 43.2 Å². The highest BCUT2D eigenvalue weighted by Gasteiger charge is 1.92. The van der Waals surface area contributed by atoms with Crippen molar-refractivity contribution in [1.29, 1.82) is 0 Å². The van der Waals surface area contributed by atoms with E-state index in [1.54, 1.807) is 0 Å². The minimum atomic E-state index is 1.01. The SMILES string of the molecule is C=C(C/C=C/c1ccccc1)CCCCCC. The molecule has 0 spiro atoms. The molecule has 0 aliphatic heterocycles. The highest BCUT2D eigenvalue weighted by Crippen LogP contribution is 2.13. The van der Waals surface area contributed by atoms with Crippen molar-refractivity contribution < 1.29 is 0 Å². The molecule has 0 unspecified atom stereocenters. The van der Waals surface area contributed by atoms with Gasteiger partial charge < -0.3 is 0 Å². The number of rotatable bonds is 8. The summed E-state index contributed by atoms with van der Waals surface area (Å²) in [5.41, 5.74) is 2.62. The van der Waals surface area contributed by atoms with E-state index in [9.17, 15) is 0 Å². The van der Waals surface area contributed by atoms with Gasteiger partial charge in [-0.05, 0) is 24.8 Å². The first kappa shape index (κ1) is 13.8. The molecule has 0 nitrogen and oxygen atoms in total. The molecule has 0 heteroatoms. The van der Waals surface area contributed by atoms with Crippen LogP contribution in [0.3, 0.4) is 0 Å². The lowest BCUT2D eigenvalue weighted by Crippen LogP contribution is -1.81. The molecule has 0 heterocycles. The van der Waals surface area contributed by atoms with Gasteiger partial charge in [-0.1, -0.05) is 80.8 Å². The van der Waals surface area contributed by atoms with Crippen LogP contribution in [0.4, 0.5) is 0 Å². The van der Waals surface area contributed by atoms with Gasteiger partial charge in [-0.2, -0.15) is 0 Å². The molecule has 0 bridgehead atoms. The summed E-state index contributed by atoms with van der Waals surface area (Å²) in [7, 11) is 0. The number of allylic oxidation sites excluding steroid dienone is 2. The van der Waals surface area contributed by atoms with Crippen LogP contribution in [-0.2, 0) is 0 Å². The third kappa shape index (κ3) is 6.78. The number of benzene rings is 1. The normalized spacial score (nSPS) is 10.9. The fraction of sp³-hybridized carbons (Fsp3) is 0.412. The fourth-order valence-corrected chi connectivity index (χ4v) is 1.83. The summed E-state index contributed by atoms with van der Waals surface area (Å²) in [6.07, 6.45) is 11.9. The van der Waals surface area contributed by atoms with Gasteiger partial charge in [0.25, 0.3) is 0 Å². The van der Waals surface area contributed by atoms with E-state index in [0.29, 0.717) is 0 Å². The summed E-state index contributed by atoms with van der Waals surface area (Å²) in [5.74, 6) is 0. The van der Waals surface area contributed by atoms with Gasteiger partial charge in [0.15, 0.2) is 0 Å². The lowest BCUT2D eigenvalue weighted by atomic mass is 10.0. The molecule has 0 aliphatic rings. The molecular formula is C17H24. The molecule has 92 valence electrons. The van der Waals surface area contributed by atoms with Crippen LogP contribution in [0, 0.1) is 0 Å². The Balaban J connectivity index is 2.17. The summed E-state index contributed by atoms with van der Waals surface area (Å²) < 4.78 is 0. The largest absolute Gasteiger partial charge is 0.0995 e. The fourth-order valence-electron chi connectivity index (χ4n) is 1.83. The van der Waals surface area contributed by atoms with Crippen LogP contribution >= 0.6 is 0 Å². The molecule has 0 radical (unpaired) electrons. The molecule has 0 saturated heterocycles. The zero-order valence-electron chi connectivity index (χ0n) is 11.0. The topological polar surface area (TPSA) is 0 Å². The molecule has 0 atom stereocenters. The van der Waals surface area contributed by atoms with Gasteiger partial charge in [-0.25, -0.2) is 0 Å². The average molecular weight is 228 g/mol. The smallest absolute Gasteiger partial charge is 0.0138 e. The Morgan fingerprint density at radius 1 is 1.12 bits per heavy atom. The maximum absolute atomic E-state index is 4.13. The quantitative estimate of drug-likeness (QED) is 0.400. The molecule has 1 aromatic carbocycles. The summed E-state index contributed by atoms with van der Waals surface area (Å²) in [6, 6.07) is 10.4. The van der Waals surface area contributed by atoms with Crippen LogP contribution in [0.2, 0.25) is 0 Å². The van der Waals surface area contributed by atoms with Crippen LogP contribution in [0.15, 0.2) is 48.6 Å². The maximum atomic E-state index is 4.13. The van der Waals surface area contributed by atoms with E-state index >= 15 is 0 Å². The first-order chi connectivity index (χ1) is 8.33. The van der Waals surface area contributed by atoms with Crippen molar-refractivity contribution in [2.24, 2.45) is 0 Å². The molecular weight excluding hydrogens is 204 g/mol. The second-order valence-electron chi connectivity index (χ2n) is 4.58. The monoisotopic (exact) mass is 228 g/mol. The molecule has 17 heavy (non-hydrogen) atoms. The lowest BCUT2D eigenvalue weighted by molar-refractivity contribution is 0.661. The second-order valence-corrected chi connectivity index (χ2v) is 4.58. The van der Waals surface area contributed by atoms with Gasteiger partial charge in [-0.15, -0.1) is 0 Å². The molecule has 1 aromatic rings. The zero-order chi connectivity index (χ0) is 12.3. The van der Waals surface area contributed by atoms with Gasteiger partial charge in [0.05, 0.1) is 0 Å². The van der Waals surface area contributed by atoms with Crippen molar-refractivity contribution in [3.8, 4) is 0 Å². The highest BCUT2D eigenvalue weighted by molar-refractivity contribution is 5.49. The number of hydrogen-bond donors (Lipinski definition) is 0. The van der Waals surface area contributed by atoms with Crippen LogP contribution in [-0.4, -0.2) is 0 Å². The molecule has 0 saturated carbocycles. The van der Waals surface area contributed by atoms with E-state index in [2.05, 4.69) is 49.9 Å². The highest BCUT2D eigenvalue weighted by atomic mass is 14.0. The molecule has 0 N–H and O–H groups in total. The van der Waals surface area contributed by atoms with Crippen LogP contribution < -0.4 is 0 Å². The average Bonchev–Trinajstić information content (AvgIpc) is 2.36. The minimum Gasteiger partial charge on any atom is -0.0995 e. The van der Waals surface area contributed by atoms with Crippen molar-refractivity contribution >= 4 is 6.08 Å². The Bertz CT molecular complexity index is 332. The molecule has 0 aromatic heterocycles. The van der Waals surface area contributed by atoms with E-state index in [4.69, 9.17) is 0 Å². The third-order valence-corrected chi connectivity index (χ3v) is 2.90. The predicted octanol–water partition coefficient (Wildman–Crippen LogP) is 5.62. The number of unbranched alkanes of at least 4 members (excludes halogenated alkanes) is 3. The molecule has 0 aliphatic carbocycles. The third-order valence-electron chi connectivity index (χ3n) is 2.90. The van der Waals surface area contributed by atoms with Crippen molar-refractivity contribution in [1.82, 2.24) is 0 Å². The summed E-state index contributed by atoms with van der Waals surface area (Å²) >= 11 is 0. The molecule has 0 amide bonds. The van der Waals surface area contributed by atoms with Gasteiger partial charge in [0.2, 0.25) is 0 Å². The van der Waals surface area contributed by atoms with Crippen molar-refractivity contribution in [3.63, 3.8) is 0 Å². The van der Waals surface area contributed by atoms with Gasteiger partial charge in [0.1, 0.15) is 0 Å². The minimum absolute atomic E-state index is 1.01.